The van der Waals surface area contributed by atoms with Crippen molar-refractivity contribution in [3.05, 3.63) is 23.2 Å². The monoisotopic (exact) mass is 265 g/mol. The number of amides is 2. The molecule has 2 unspecified atom stereocenters. The minimum atomic E-state index is -0.143. The Hall–Kier alpha value is -1.55. The van der Waals surface area contributed by atoms with E-state index in [4.69, 9.17) is 11.6 Å². The van der Waals surface area contributed by atoms with Crippen molar-refractivity contribution in [2.24, 2.45) is 11.8 Å². The maximum atomic E-state index is 12.2. The van der Waals surface area contributed by atoms with Crippen LogP contribution in [0.25, 0.3) is 0 Å². The number of fused-ring (bicyclic) bond motifs is 2. The number of benzene rings is 1. The lowest BCUT2D eigenvalue weighted by molar-refractivity contribution is -0.132. The van der Waals surface area contributed by atoms with Crippen molar-refractivity contribution in [2.45, 2.75) is 19.3 Å². The number of carbonyl (C=O) groups excluding carboxylic acids is 2. The molecule has 18 heavy (non-hydrogen) atoms. The first-order chi connectivity index (χ1) is 8.58. The van der Waals surface area contributed by atoms with Crippen LogP contribution in [0.1, 0.15) is 19.3 Å². The van der Waals surface area contributed by atoms with Crippen LogP contribution in [0.15, 0.2) is 18.2 Å². The van der Waals surface area contributed by atoms with Crippen molar-refractivity contribution in [2.75, 3.05) is 4.90 Å². The van der Waals surface area contributed by atoms with Crippen LogP contribution in [0.3, 0.4) is 0 Å². The van der Waals surface area contributed by atoms with Crippen molar-refractivity contribution >= 4 is 29.1 Å². The third kappa shape index (κ3) is 1.60. The minimum absolute atomic E-state index is 0.0414. The van der Waals surface area contributed by atoms with Gasteiger partial charge in [0.15, 0.2) is 0 Å². The molecule has 1 heterocycles. The molecule has 1 aliphatic carbocycles. The molecule has 1 aromatic rings. The number of hydrogen-bond acceptors (Lipinski definition) is 3. The van der Waals surface area contributed by atoms with E-state index in [0.29, 0.717) is 12.1 Å². The van der Waals surface area contributed by atoms with E-state index in [1.807, 2.05) is 0 Å². The number of hydrogen-bond donors (Lipinski definition) is 1. The van der Waals surface area contributed by atoms with E-state index in [1.54, 1.807) is 6.07 Å². The van der Waals surface area contributed by atoms with Crippen LogP contribution in [-0.2, 0) is 9.59 Å². The lowest BCUT2D eigenvalue weighted by atomic mass is 9.96. The molecule has 2 atom stereocenters. The number of rotatable bonds is 1. The zero-order valence-electron chi connectivity index (χ0n) is 9.60. The van der Waals surface area contributed by atoms with E-state index in [0.717, 1.165) is 12.8 Å². The second kappa shape index (κ2) is 3.99. The van der Waals surface area contributed by atoms with Gasteiger partial charge in [-0.05, 0) is 37.5 Å². The molecule has 3 rings (SSSR count). The largest absolute Gasteiger partial charge is 0.506 e. The van der Waals surface area contributed by atoms with Gasteiger partial charge >= 0.3 is 0 Å². The molecule has 1 aliphatic heterocycles. The molecule has 1 N–H and O–H groups in total. The first-order valence-corrected chi connectivity index (χ1v) is 6.32. The molecule has 94 valence electrons. The summed E-state index contributed by atoms with van der Waals surface area (Å²) in [6, 6.07) is 4.40. The number of imide groups is 1. The SMILES string of the molecule is O=C1C2CCC(C2)C(=O)N1c1ccc(O)c(Cl)c1. The van der Waals surface area contributed by atoms with Gasteiger partial charge in [0.25, 0.3) is 0 Å². The van der Waals surface area contributed by atoms with E-state index >= 15 is 0 Å². The molecule has 4 nitrogen and oxygen atoms in total. The van der Waals surface area contributed by atoms with Crippen LogP contribution >= 0.6 is 11.6 Å². The Morgan fingerprint density at radius 2 is 1.78 bits per heavy atom. The summed E-state index contributed by atoms with van der Waals surface area (Å²) in [4.78, 5) is 25.6. The average Bonchev–Trinajstić information content (AvgIpc) is 2.78. The number of carbonyl (C=O) groups is 2. The number of piperidine rings is 1. The molecule has 2 fully saturated rings. The quantitative estimate of drug-likeness (QED) is 0.793. The van der Waals surface area contributed by atoms with Crippen LogP contribution in [0, 0.1) is 11.8 Å². The maximum Gasteiger partial charge on any atom is 0.236 e. The zero-order chi connectivity index (χ0) is 12.9. The first kappa shape index (κ1) is 11.5. The zero-order valence-corrected chi connectivity index (χ0v) is 10.4. The normalized spacial score (nSPS) is 26.8. The van der Waals surface area contributed by atoms with Gasteiger partial charge < -0.3 is 5.11 Å². The van der Waals surface area contributed by atoms with Gasteiger partial charge in [-0.25, -0.2) is 0 Å². The fourth-order valence-electron chi connectivity index (χ4n) is 2.79. The smallest absolute Gasteiger partial charge is 0.236 e. The number of halogens is 1. The first-order valence-electron chi connectivity index (χ1n) is 5.94. The van der Waals surface area contributed by atoms with Crippen molar-refractivity contribution in [3.8, 4) is 5.75 Å². The molecule has 0 aromatic heterocycles. The van der Waals surface area contributed by atoms with Gasteiger partial charge in [-0.3, -0.25) is 14.5 Å². The lowest BCUT2D eigenvalue weighted by Crippen LogP contribution is -2.46. The van der Waals surface area contributed by atoms with Crippen LogP contribution in [0.5, 0.6) is 5.75 Å². The Bertz CT molecular complexity index is 521. The van der Waals surface area contributed by atoms with Crippen molar-refractivity contribution in [3.63, 3.8) is 0 Å². The van der Waals surface area contributed by atoms with Crippen molar-refractivity contribution < 1.29 is 14.7 Å². The maximum absolute atomic E-state index is 12.2. The number of phenolic OH excluding ortho intramolecular Hbond substituents is 1. The fourth-order valence-corrected chi connectivity index (χ4v) is 2.97. The highest BCUT2D eigenvalue weighted by Gasteiger charge is 2.45. The predicted molar refractivity (Wildman–Crippen MR) is 66.4 cm³/mol. The molecule has 5 heteroatoms. The van der Waals surface area contributed by atoms with Gasteiger partial charge in [-0.15, -0.1) is 0 Å². The van der Waals surface area contributed by atoms with E-state index in [-0.39, 0.29) is 34.4 Å². The van der Waals surface area contributed by atoms with Gasteiger partial charge in [-0.1, -0.05) is 11.6 Å². The predicted octanol–water partition coefficient (Wildman–Crippen LogP) is 2.34. The molecule has 1 saturated heterocycles. The third-order valence-corrected chi connectivity index (χ3v) is 4.06. The second-order valence-electron chi connectivity index (χ2n) is 4.85. The van der Waals surface area contributed by atoms with Gasteiger partial charge in [-0.2, -0.15) is 0 Å². The molecule has 2 amide bonds. The number of nitrogens with zero attached hydrogens (tertiary/aromatic N) is 1. The molecule has 2 aliphatic rings. The van der Waals surface area contributed by atoms with E-state index in [1.165, 1.54) is 17.0 Å². The lowest BCUT2D eigenvalue weighted by Gasteiger charge is -2.29. The minimum Gasteiger partial charge on any atom is -0.506 e. The van der Waals surface area contributed by atoms with Gasteiger partial charge in [0.2, 0.25) is 11.8 Å². The summed E-state index contributed by atoms with van der Waals surface area (Å²) >= 11 is 5.82. The topological polar surface area (TPSA) is 57.6 Å². The summed E-state index contributed by atoms with van der Waals surface area (Å²) in [6.45, 7) is 0. The summed E-state index contributed by atoms with van der Waals surface area (Å²) in [5, 5.41) is 9.51. The van der Waals surface area contributed by atoms with E-state index < -0.39 is 0 Å². The summed E-state index contributed by atoms with van der Waals surface area (Å²) in [5.41, 5.74) is 0.449. The van der Waals surface area contributed by atoms with Crippen molar-refractivity contribution in [1.29, 1.82) is 0 Å². The standard InChI is InChI=1S/C13H12ClNO3/c14-10-6-9(3-4-11(10)16)15-12(17)7-1-2-8(5-7)13(15)18/h3-4,6-8,16H,1-2,5H2. The Morgan fingerprint density at radius 3 is 2.33 bits per heavy atom. The highest BCUT2D eigenvalue weighted by atomic mass is 35.5. The summed E-state index contributed by atoms with van der Waals surface area (Å²) in [7, 11) is 0. The Balaban J connectivity index is 2.02. The fraction of sp³-hybridized carbons (Fsp3) is 0.385. The number of anilines is 1. The summed E-state index contributed by atoms with van der Waals surface area (Å²) < 4.78 is 0. The number of aromatic hydroxyl groups is 1. The van der Waals surface area contributed by atoms with Gasteiger partial charge in [0.1, 0.15) is 5.75 Å². The molecule has 1 aromatic carbocycles. The van der Waals surface area contributed by atoms with Crippen LogP contribution in [0.2, 0.25) is 5.02 Å². The van der Waals surface area contributed by atoms with Crippen molar-refractivity contribution in [1.82, 2.24) is 0 Å². The molecule has 0 spiro atoms. The van der Waals surface area contributed by atoms with Gasteiger partial charge in [0.05, 0.1) is 10.7 Å². The van der Waals surface area contributed by atoms with Gasteiger partial charge in [0, 0.05) is 11.8 Å². The second-order valence-corrected chi connectivity index (χ2v) is 5.26. The van der Waals surface area contributed by atoms with E-state index in [9.17, 15) is 14.7 Å². The molecular weight excluding hydrogens is 254 g/mol. The summed E-state index contributed by atoms with van der Waals surface area (Å²) in [5.74, 6) is -0.424. The Kier molecular flexibility index (Phi) is 2.55. The Labute approximate surface area is 109 Å². The van der Waals surface area contributed by atoms with Crippen LogP contribution in [0.4, 0.5) is 5.69 Å². The molecule has 2 bridgehead atoms. The highest BCUT2D eigenvalue weighted by molar-refractivity contribution is 6.32. The molecular formula is C13H12ClNO3. The summed E-state index contributed by atoms with van der Waals surface area (Å²) in [6.07, 6.45) is 2.26. The van der Waals surface area contributed by atoms with Crippen LogP contribution in [-0.4, -0.2) is 16.9 Å². The average molecular weight is 266 g/mol. The highest BCUT2D eigenvalue weighted by Crippen LogP contribution is 2.41. The Morgan fingerprint density at radius 1 is 1.17 bits per heavy atom. The van der Waals surface area contributed by atoms with Crippen LogP contribution < -0.4 is 4.90 Å². The third-order valence-electron chi connectivity index (χ3n) is 3.76. The van der Waals surface area contributed by atoms with E-state index in [2.05, 4.69) is 0 Å². The number of phenols is 1. The molecule has 0 radical (unpaired) electrons. The molecule has 1 saturated carbocycles.